The van der Waals surface area contributed by atoms with Gasteiger partial charge in [-0.2, -0.15) is 0 Å². The molecule has 1 heterocycles. The van der Waals surface area contributed by atoms with Gasteiger partial charge in [-0.3, -0.25) is 0 Å². The third-order valence-electron chi connectivity index (χ3n) is 1.89. The van der Waals surface area contributed by atoms with E-state index in [-0.39, 0.29) is 24.1 Å². The lowest BCUT2D eigenvalue weighted by atomic mass is 10.3. The molecule has 1 saturated heterocycles. The molecule has 0 amide bonds. The second-order valence-corrected chi connectivity index (χ2v) is 5.20. The Morgan fingerprint density at radius 1 is 1.58 bits per heavy atom. The van der Waals surface area contributed by atoms with Gasteiger partial charge in [0.05, 0.1) is 11.7 Å². The Kier molecular flexibility index (Phi) is 2.69. The molecule has 0 saturated carbocycles. The van der Waals surface area contributed by atoms with Crippen LogP contribution in [0.5, 0.6) is 0 Å². The molecule has 5 nitrogen and oxygen atoms in total. The van der Waals surface area contributed by atoms with Crippen LogP contribution in [0.25, 0.3) is 0 Å². The molecule has 0 bridgehead atoms. The molecule has 6 heteroatoms. The van der Waals surface area contributed by atoms with Crippen molar-refractivity contribution in [3.8, 4) is 0 Å². The maximum absolute atomic E-state index is 10.9. The highest BCUT2D eigenvalue weighted by Crippen LogP contribution is 2.07. The minimum Gasteiger partial charge on any atom is -0.544 e. The van der Waals surface area contributed by atoms with Crippen LogP contribution in [0.15, 0.2) is 0 Å². The Balaban J connectivity index is 2.34. The molecule has 0 radical (unpaired) electrons. The number of rotatable bonds is 3. The van der Waals surface area contributed by atoms with E-state index in [4.69, 9.17) is 0 Å². The highest BCUT2D eigenvalue weighted by atomic mass is 32.2. The second-order valence-electron chi connectivity index (χ2n) is 2.97. The van der Waals surface area contributed by atoms with E-state index in [0.29, 0.717) is 6.42 Å². The first-order chi connectivity index (χ1) is 5.49. The van der Waals surface area contributed by atoms with E-state index < -0.39 is 15.8 Å². The molecule has 0 aromatic rings. The zero-order valence-corrected chi connectivity index (χ0v) is 7.34. The van der Waals surface area contributed by atoms with E-state index >= 15 is 0 Å². The predicted molar refractivity (Wildman–Crippen MR) is 38.9 cm³/mol. The molecule has 1 rings (SSSR count). The number of carboxylic acids is 1. The van der Waals surface area contributed by atoms with Crippen molar-refractivity contribution in [2.45, 2.75) is 12.5 Å². The van der Waals surface area contributed by atoms with E-state index in [9.17, 15) is 18.3 Å². The lowest BCUT2D eigenvalue weighted by Crippen LogP contribution is -2.92. The normalized spacial score (nSPS) is 27.2. The average molecular weight is 193 g/mol. The summed E-state index contributed by atoms with van der Waals surface area (Å²) in [6, 6.07) is -0.0899. The van der Waals surface area contributed by atoms with Crippen LogP contribution in [0.3, 0.4) is 0 Å². The van der Waals surface area contributed by atoms with E-state index in [1.165, 1.54) is 5.32 Å². The van der Waals surface area contributed by atoms with E-state index in [0.717, 1.165) is 0 Å². The molecule has 1 unspecified atom stereocenters. The van der Waals surface area contributed by atoms with Crippen LogP contribution >= 0.6 is 0 Å². The van der Waals surface area contributed by atoms with Crippen molar-refractivity contribution in [2.75, 3.05) is 18.1 Å². The average Bonchev–Trinajstić information content (AvgIpc) is 2.26. The van der Waals surface area contributed by atoms with E-state index in [1.807, 2.05) is 0 Å². The van der Waals surface area contributed by atoms with Gasteiger partial charge in [-0.05, 0) is 0 Å². The molecule has 70 valence electrons. The summed E-state index contributed by atoms with van der Waals surface area (Å²) in [6.07, 6.45) is 0.551. The summed E-state index contributed by atoms with van der Waals surface area (Å²) in [5.41, 5.74) is 0. The number of aliphatic carboxylic acids is 1. The lowest BCUT2D eigenvalue weighted by molar-refractivity contribution is -0.679. The first kappa shape index (κ1) is 9.47. The number of hydrogen-bond donors (Lipinski definition) is 1. The van der Waals surface area contributed by atoms with Crippen molar-refractivity contribution in [3.63, 3.8) is 0 Å². The van der Waals surface area contributed by atoms with Crippen LogP contribution in [0.2, 0.25) is 0 Å². The summed E-state index contributed by atoms with van der Waals surface area (Å²) in [5, 5.41) is 11.5. The Labute approximate surface area is 70.7 Å². The molecule has 1 aliphatic heterocycles. The third-order valence-corrected chi connectivity index (χ3v) is 3.68. The molecule has 2 N–H and O–H groups in total. The molecule has 1 aliphatic rings. The maximum atomic E-state index is 10.9. The summed E-state index contributed by atoms with van der Waals surface area (Å²) < 4.78 is 21.8. The van der Waals surface area contributed by atoms with Crippen molar-refractivity contribution in [2.24, 2.45) is 0 Å². The van der Waals surface area contributed by atoms with Crippen LogP contribution < -0.4 is 10.4 Å². The predicted octanol–water partition coefficient (Wildman–Crippen LogP) is -3.51. The standard InChI is InChI=1S/C6H11NO4S/c8-6(9)3-7-5-1-2-12(10,11)4-5/h5,7H,1-4H2,(H,8,9). The molecular formula is C6H11NO4S. The Morgan fingerprint density at radius 2 is 2.25 bits per heavy atom. The van der Waals surface area contributed by atoms with Gasteiger partial charge in [0, 0.05) is 6.42 Å². The zero-order valence-electron chi connectivity index (χ0n) is 6.52. The summed E-state index contributed by atoms with van der Waals surface area (Å²) in [6.45, 7) is -0.153. The summed E-state index contributed by atoms with van der Waals surface area (Å²) in [5.74, 6) is -0.874. The van der Waals surface area contributed by atoms with E-state index in [2.05, 4.69) is 0 Å². The molecule has 0 spiro atoms. The highest BCUT2D eigenvalue weighted by molar-refractivity contribution is 7.91. The van der Waals surface area contributed by atoms with Crippen LogP contribution in [0.4, 0.5) is 0 Å². The fourth-order valence-corrected chi connectivity index (χ4v) is 3.06. The van der Waals surface area contributed by atoms with Crippen LogP contribution in [0.1, 0.15) is 6.42 Å². The van der Waals surface area contributed by atoms with Crippen molar-refractivity contribution >= 4 is 15.8 Å². The van der Waals surface area contributed by atoms with Gasteiger partial charge in [0.1, 0.15) is 18.3 Å². The summed E-state index contributed by atoms with van der Waals surface area (Å²) in [4.78, 5) is 10.0. The fourth-order valence-electron chi connectivity index (χ4n) is 1.27. The van der Waals surface area contributed by atoms with Crippen molar-refractivity contribution in [3.05, 3.63) is 0 Å². The van der Waals surface area contributed by atoms with Crippen LogP contribution in [-0.4, -0.2) is 38.5 Å². The number of quaternary nitrogens is 1. The first-order valence-corrected chi connectivity index (χ1v) is 5.55. The van der Waals surface area contributed by atoms with Gasteiger partial charge >= 0.3 is 0 Å². The Hall–Kier alpha value is -0.620. The molecule has 0 aromatic heterocycles. The van der Waals surface area contributed by atoms with Crippen molar-refractivity contribution < 1.29 is 23.6 Å². The molecule has 1 atom stereocenters. The minimum atomic E-state index is -2.89. The number of carbonyl (C=O) groups is 1. The largest absolute Gasteiger partial charge is 0.544 e. The minimum absolute atomic E-state index is 0.0899. The number of hydrogen-bond acceptors (Lipinski definition) is 4. The fraction of sp³-hybridized carbons (Fsp3) is 0.833. The third kappa shape index (κ3) is 2.78. The zero-order chi connectivity index (χ0) is 9.19. The van der Waals surface area contributed by atoms with Crippen molar-refractivity contribution in [1.29, 1.82) is 0 Å². The van der Waals surface area contributed by atoms with Gasteiger partial charge in [-0.1, -0.05) is 0 Å². The van der Waals surface area contributed by atoms with Gasteiger partial charge in [0.15, 0.2) is 9.84 Å². The first-order valence-electron chi connectivity index (χ1n) is 3.73. The molecule has 1 fully saturated rings. The van der Waals surface area contributed by atoms with Crippen LogP contribution in [0, 0.1) is 0 Å². The van der Waals surface area contributed by atoms with Gasteiger partial charge < -0.3 is 15.2 Å². The SMILES string of the molecule is O=C([O-])C[NH2+]C1CCS(=O)(=O)C1. The van der Waals surface area contributed by atoms with Gasteiger partial charge in [-0.25, -0.2) is 8.42 Å². The lowest BCUT2D eigenvalue weighted by Gasteiger charge is -2.06. The molecular weight excluding hydrogens is 182 g/mol. The van der Waals surface area contributed by atoms with Gasteiger partial charge in [-0.15, -0.1) is 0 Å². The number of carboxylic acid groups (broad SMARTS) is 1. The molecule has 0 aromatic carbocycles. The Morgan fingerprint density at radius 3 is 2.67 bits per heavy atom. The number of carbonyl (C=O) groups excluding carboxylic acids is 1. The van der Waals surface area contributed by atoms with Gasteiger partial charge in [0.2, 0.25) is 0 Å². The maximum Gasteiger partial charge on any atom is 0.156 e. The summed E-state index contributed by atoms with van der Waals surface area (Å²) >= 11 is 0. The smallest absolute Gasteiger partial charge is 0.156 e. The summed E-state index contributed by atoms with van der Waals surface area (Å²) in [7, 11) is -2.89. The monoisotopic (exact) mass is 193 g/mol. The van der Waals surface area contributed by atoms with Gasteiger partial charge in [0.25, 0.3) is 0 Å². The van der Waals surface area contributed by atoms with Crippen molar-refractivity contribution in [1.82, 2.24) is 0 Å². The molecule has 0 aliphatic carbocycles. The van der Waals surface area contributed by atoms with Crippen LogP contribution in [-0.2, 0) is 14.6 Å². The topological polar surface area (TPSA) is 90.9 Å². The van der Waals surface area contributed by atoms with E-state index in [1.54, 1.807) is 0 Å². The highest BCUT2D eigenvalue weighted by Gasteiger charge is 2.29. The quantitative estimate of drug-likeness (QED) is 0.503. The Bertz CT molecular complexity index is 271. The molecule has 12 heavy (non-hydrogen) atoms. The number of sulfone groups is 1. The number of nitrogens with two attached hydrogens (primary N) is 1. The second kappa shape index (κ2) is 3.40.